The summed E-state index contributed by atoms with van der Waals surface area (Å²) in [5.41, 5.74) is 8.07. The molecule has 1 saturated heterocycles. The van der Waals surface area contributed by atoms with Crippen molar-refractivity contribution in [2.45, 2.75) is 19.5 Å². The molecule has 0 aliphatic carbocycles. The van der Waals surface area contributed by atoms with Crippen LogP contribution < -0.4 is 5.73 Å². The highest BCUT2D eigenvalue weighted by Gasteiger charge is 2.26. The van der Waals surface area contributed by atoms with Crippen molar-refractivity contribution in [2.75, 3.05) is 13.1 Å². The van der Waals surface area contributed by atoms with Gasteiger partial charge < -0.3 is 5.73 Å². The van der Waals surface area contributed by atoms with Crippen LogP contribution in [0.2, 0.25) is 0 Å². The normalized spacial score (nSPS) is 22.2. The van der Waals surface area contributed by atoms with E-state index in [2.05, 4.69) is 22.2 Å². The van der Waals surface area contributed by atoms with Crippen LogP contribution in [0.1, 0.15) is 12.6 Å². The summed E-state index contributed by atoms with van der Waals surface area (Å²) in [4.78, 5) is 6.98. The second kappa shape index (κ2) is 6.83. The minimum Gasteiger partial charge on any atom is -0.326 e. The van der Waals surface area contributed by atoms with E-state index in [4.69, 9.17) is 5.73 Å². The van der Waals surface area contributed by atoms with E-state index in [1.165, 1.54) is 12.1 Å². The first-order chi connectivity index (χ1) is 9.61. The van der Waals surface area contributed by atoms with Gasteiger partial charge in [-0.2, -0.15) is 0 Å². The molecule has 3 nitrogen and oxygen atoms in total. The Bertz CT molecular complexity index is 577. The summed E-state index contributed by atoms with van der Waals surface area (Å²) in [6.07, 6.45) is 0. The van der Waals surface area contributed by atoms with Gasteiger partial charge >= 0.3 is 0 Å². The van der Waals surface area contributed by atoms with Gasteiger partial charge in [-0.15, -0.1) is 23.7 Å². The summed E-state index contributed by atoms with van der Waals surface area (Å²) in [5, 5.41) is 3.02. The fourth-order valence-electron chi connectivity index (χ4n) is 2.56. The molecule has 3 rings (SSSR count). The van der Waals surface area contributed by atoms with Gasteiger partial charge in [0.1, 0.15) is 10.8 Å². The Hall–Kier alpha value is -1.01. The molecule has 1 aromatic heterocycles. The van der Waals surface area contributed by atoms with Crippen molar-refractivity contribution in [3.63, 3.8) is 0 Å². The molecular formula is C15H19ClFN3S. The predicted octanol–water partition coefficient (Wildman–Crippen LogP) is 3.15. The summed E-state index contributed by atoms with van der Waals surface area (Å²) in [6, 6.07) is 6.75. The number of benzene rings is 1. The second-order valence-electron chi connectivity index (χ2n) is 5.49. The van der Waals surface area contributed by atoms with E-state index in [1.54, 1.807) is 23.5 Å². The fourth-order valence-corrected chi connectivity index (χ4v) is 3.38. The molecule has 114 valence electrons. The van der Waals surface area contributed by atoms with Gasteiger partial charge in [0.25, 0.3) is 0 Å². The van der Waals surface area contributed by atoms with E-state index in [0.29, 0.717) is 5.92 Å². The van der Waals surface area contributed by atoms with Gasteiger partial charge in [-0.25, -0.2) is 9.37 Å². The van der Waals surface area contributed by atoms with E-state index in [-0.39, 0.29) is 24.3 Å². The molecule has 1 aliphatic heterocycles. The molecule has 0 amide bonds. The zero-order chi connectivity index (χ0) is 14.1. The van der Waals surface area contributed by atoms with Crippen molar-refractivity contribution in [1.29, 1.82) is 0 Å². The van der Waals surface area contributed by atoms with E-state index < -0.39 is 0 Å². The Labute approximate surface area is 134 Å². The van der Waals surface area contributed by atoms with Crippen molar-refractivity contribution >= 4 is 23.7 Å². The molecule has 2 unspecified atom stereocenters. The molecule has 6 heteroatoms. The fraction of sp³-hybridized carbons (Fsp3) is 0.400. The van der Waals surface area contributed by atoms with E-state index >= 15 is 0 Å². The zero-order valence-corrected chi connectivity index (χ0v) is 13.5. The van der Waals surface area contributed by atoms with Crippen LogP contribution in [0.4, 0.5) is 4.39 Å². The minimum absolute atomic E-state index is 0. The maximum Gasteiger partial charge on any atom is 0.123 e. The molecule has 1 fully saturated rings. The Morgan fingerprint density at radius 1 is 1.33 bits per heavy atom. The van der Waals surface area contributed by atoms with Crippen LogP contribution in [0.25, 0.3) is 10.6 Å². The van der Waals surface area contributed by atoms with Crippen LogP contribution in [-0.2, 0) is 6.54 Å². The molecular weight excluding hydrogens is 309 g/mol. The van der Waals surface area contributed by atoms with Crippen LogP contribution in [0.5, 0.6) is 0 Å². The summed E-state index contributed by atoms with van der Waals surface area (Å²) in [5.74, 6) is 0.329. The summed E-state index contributed by atoms with van der Waals surface area (Å²) in [7, 11) is 0. The number of nitrogens with two attached hydrogens (primary N) is 1. The van der Waals surface area contributed by atoms with Crippen molar-refractivity contribution < 1.29 is 4.39 Å². The Kier molecular flexibility index (Phi) is 5.32. The molecule has 0 saturated carbocycles. The largest absolute Gasteiger partial charge is 0.326 e. The van der Waals surface area contributed by atoms with Crippen LogP contribution in [-0.4, -0.2) is 29.0 Å². The smallest absolute Gasteiger partial charge is 0.123 e. The summed E-state index contributed by atoms with van der Waals surface area (Å²) < 4.78 is 12.9. The lowest BCUT2D eigenvalue weighted by atomic mass is 10.1. The summed E-state index contributed by atoms with van der Waals surface area (Å²) >= 11 is 1.60. The molecule has 0 bridgehead atoms. The monoisotopic (exact) mass is 327 g/mol. The van der Waals surface area contributed by atoms with E-state index in [9.17, 15) is 4.39 Å². The van der Waals surface area contributed by atoms with Crippen LogP contribution >= 0.6 is 23.7 Å². The van der Waals surface area contributed by atoms with Crippen molar-refractivity contribution in [3.8, 4) is 10.6 Å². The molecule has 1 aliphatic rings. The number of aromatic nitrogens is 1. The molecule has 0 radical (unpaired) electrons. The van der Waals surface area contributed by atoms with Crippen molar-refractivity contribution in [2.24, 2.45) is 11.7 Å². The lowest BCUT2D eigenvalue weighted by molar-refractivity contribution is 0.315. The first kappa shape index (κ1) is 16.4. The Morgan fingerprint density at radius 2 is 2.05 bits per heavy atom. The van der Waals surface area contributed by atoms with E-state index in [0.717, 1.165) is 35.9 Å². The topological polar surface area (TPSA) is 42.2 Å². The number of nitrogens with zero attached hydrogens (tertiary/aromatic N) is 2. The Morgan fingerprint density at radius 3 is 2.67 bits per heavy atom. The van der Waals surface area contributed by atoms with Gasteiger partial charge in [-0.3, -0.25) is 4.90 Å². The lowest BCUT2D eigenvalue weighted by Gasteiger charge is -2.12. The van der Waals surface area contributed by atoms with Crippen molar-refractivity contribution in [3.05, 3.63) is 41.2 Å². The standard InChI is InChI=1S/C15H18FN3S.ClH/c1-10-6-19(8-14(10)17)7-13-9-20-15(18-13)11-2-4-12(16)5-3-11;/h2-5,9-10,14H,6-8,17H2,1H3;1H. The highest BCUT2D eigenvalue weighted by atomic mass is 35.5. The van der Waals surface area contributed by atoms with Crippen LogP contribution in [0.15, 0.2) is 29.6 Å². The SMILES string of the molecule is CC1CN(Cc2csc(-c3ccc(F)cc3)n2)CC1N.Cl. The highest BCUT2D eigenvalue weighted by molar-refractivity contribution is 7.13. The third-order valence-electron chi connectivity index (χ3n) is 3.77. The average molecular weight is 328 g/mol. The number of hydrogen-bond acceptors (Lipinski definition) is 4. The van der Waals surface area contributed by atoms with Gasteiger partial charge in [0.15, 0.2) is 0 Å². The van der Waals surface area contributed by atoms with Gasteiger partial charge in [-0.1, -0.05) is 6.92 Å². The van der Waals surface area contributed by atoms with Crippen LogP contribution in [0.3, 0.4) is 0 Å². The third kappa shape index (κ3) is 3.80. The number of thiazole rings is 1. The Balaban J connectivity index is 0.00000161. The van der Waals surface area contributed by atoms with Gasteiger partial charge in [0, 0.05) is 36.6 Å². The first-order valence-corrected chi connectivity index (χ1v) is 7.68. The third-order valence-corrected chi connectivity index (χ3v) is 4.71. The maximum absolute atomic E-state index is 12.9. The molecule has 21 heavy (non-hydrogen) atoms. The van der Waals surface area contributed by atoms with E-state index in [1.807, 2.05) is 0 Å². The minimum atomic E-state index is -0.217. The van der Waals surface area contributed by atoms with Gasteiger partial charge in [0.05, 0.1) is 5.69 Å². The molecule has 0 spiro atoms. The quantitative estimate of drug-likeness (QED) is 0.941. The second-order valence-corrected chi connectivity index (χ2v) is 6.34. The lowest BCUT2D eigenvalue weighted by Crippen LogP contribution is -2.28. The number of hydrogen-bond donors (Lipinski definition) is 1. The van der Waals surface area contributed by atoms with Crippen molar-refractivity contribution in [1.82, 2.24) is 9.88 Å². The summed E-state index contributed by atoms with van der Waals surface area (Å²) in [6.45, 7) is 5.00. The molecule has 2 aromatic rings. The van der Waals surface area contributed by atoms with Gasteiger partial charge in [-0.05, 0) is 30.2 Å². The first-order valence-electron chi connectivity index (χ1n) is 6.80. The predicted molar refractivity (Wildman–Crippen MR) is 87.2 cm³/mol. The maximum atomic E-state index is 12.9. The van der Waals surface area contributed by atoms with Crippen LogP contribution in [0, 0.1) is 11.7 Å². The highest BCUT2D eigenvalue weighted by Crippen LogP contribution is 2.25. The molecule has 2 heterocycles. The zero-order valence-electron chi connectivity index (χ0n) is 11.8. The number of halogens is 2. The number of likely N-dealkylation sites (tertiary alicyclic amines) is 1. The average Bonchev–Trinajstić information content (AvgIpc) is 2.99. The molecule has 2 N–H and O–H groups in total. The number of rotatable bonds is 3. The molecule has 2 atom stereocenters. The van der Waals surface area contributed by atoms with Gasteiger partial charge in [0.2, 0.25) is 0 Å². The molecule has 1 aromatic carbocycles.